The van der Waals surface area contributed by atoms with Crippen LogP contribution in [0.4, 0.5) is 4.39 Å². The van der Waals surface area contributed by atoms with Crippen LogP contribution in [0.1, 0.15) is 16.9 Å². The van der Waals surface area contributed by atoms with E-state index in [1.807, 2.05) is 12.1 Å². The van der Waals surface area contributed by atoms with Crippen LogP contribution in [0.2, 0.25) is 0 Å². The molecule has 0 saturated heterocycles. The summed E-state index contributed by atoms with van der Waals surface area (Å²) >= 11 is 0. The summed E-state index contributed by atoms with van der Waals surface area (Å²) in [5.41, 5.74) is 2.14. The number of rotatable bonds is 5. The Morgan fingerprint density at radius 3 is 2.77 bits per heavy atom. The number of carbonyl (C=O) groups is 1. The van der Waals surface area contributed by atoms with Crippen LogP contribution in [0.3, 0.4) is 0 Å². The van der Waals surface area contributed by atoms with Crippen molar-refractivity contribution in [2.45, 2.75) is 18.6 Å². The number of carbonyl (C=O) groups excluding carboxylic acids is 1. The zero-order chi connectivity index (χ0) is 18.1. The molecule has 4 rings (SSSR count). The van der Waals surface area contributed by atoms with Gasteiger partial charge in [0.05, 0.1) is 36.4 Å². The summed E-state index contributed by atoms with van der Waals surface area (Å²) in [6.07, 6.45) is 2.64. The number of aromatic nitrogens is 4. The van der Waals surface area contributed by atoms with Crippen LogP contribution < -0.4 is 10.1 Å². The Morgan fingerprint density at radius 2 is 2.15 bits per heavy atom. The van der Waals surface area contributed by atoms with Crippen molar-refractivity contribution in [3.05, 3.63) is 54.5 Å². The fourth-order valence-corrected chi connectivity index (χ4v) is 2.56. The molecule has 1 saturated carbocycles. The van der Waals surface area contributed by atoms with Gasteiger partial charge < -0.3 is 10.1 Å². The highest BCUT2D eigenvalue weighted by Crippen LogP contribution is 2.26. The van der Waals surface area contributed by atoms with Gasteiger partial charge in [-0.25, -0.2) is 14.1 Å². The highest BCUT2D eigenvalue weighted by Gasteiger charge is 2.39. The van der Waals surface area contributed by atoms with Crippen molar-refractivity contribution in [2.75, 3.05) is 7.11 Å². The second kappa shape index (κ2) is 6.55. The average Bonchev–Trinajstić information content (AvgIpc) is 3.20. The van der Waals surface area contributed by atoms with Crippen molar-refractivity contribution in [2.24, 2.45) is 0 Å². The van der Waals surface area contributed by atoms with Crippen LogP contribution in [-0.2, 0) is 0 Å². The van der Waals surface area contributed by atoms with E-state index in [1.54, 1.807) is 41.3 Å². The summed E-state index contributed by atoms with van der Waals surface area (Å²) < 4.78 is 19.7. The van der Waals surface area contributed by atoms with E-state index in [4.69, 9.17) is 4.74 Å². The van der Waals surface area contributed by atoms with Gasteiger partial charge in [-0.2, -0.15) is 5.10 Å². The van der Waals surface area contributed by atoms with E-state index >= 15 is 0 Å². The second-order valence-corrected chi connectivity index (χ2v) is 5.93. The summed E-state index contributed by atoms with van der Waals surface area (Å²) in [5, 5.41) is 7.02. The first-order valence-corrected chi connectivity index (χ1v) is 8.12. The molecule has 0 spiro atoms. The molecule has 132 valence electrons. The molecule has 3 aromatic heterocycles. The predicted molar refractivity (Wildman–Crippen MR) is 91.9 cm³/mol. The molecule has 1 amide bonds. The average molecular weight is 353 g/mol. The highest BCUT2D eigenvalue weighted by molar-refractivity contribution is 5.94. The predicted octanol–water partition coefficient (Wildman–Crippen LogP) is 2.18. The van der Waals surface area contributed by atoms with Crippen molar-refractivity contribution in [1.82, 2.24) is 25.1 Å². The molecular weight excluding hydrogens is 337 g/mol. The molecule has 1 aliphatic carbocycles. The number of pyridine rings is 2. The minimum atomic E-state index is -0.970. The number of hydrogen-bond acceptors (Lipinski definition) is 5. The molecule has 7 nitrogen and oxygen atoms in total. The number of hydrogen-bond donors (Lipinski definition) is 1. The van der Waals surface area contributed by atoms with E-state index in [1.165, 1.54) is 7.11 Å². The zero-order valence-electron chi connectivity index (χ0n) is 14.0. The SMILES string of the molecule is COc1ccc(-n2nc(C(=O)N[C@@H]3C[C@@H]3F)cc2-c2ccccn2)cn1. The quantitative estimate of drug-likeness (QED) is 0.760. The van der Waals surface area contributed by atoms with Gasteiger partial charge in [0.2, 0.25) is 5.88 Å². The second-order valence-electron chi connectivity index (χ2n) is 5.93. The minimum absolute atomic E-state index is 0.195. The minimum Gasteiger partial charge on any atom is -0.481 e. The van der Waals surface area contributed by atoms with Gasteiger partial charge in [0.1, 0.15) is 6.17 Å². The lowest BCUT2D eigenvalue weighted by molar-refractivity contribution is 0.0942. The van der Waals surface area contributed by atoms with E-state index < -0.39 is 18.1 Å². The Kier molecular flexibility index (Phi) is 4.08. The lowest BCUT2D eigenvalue weighted by atomic mass is 10.2. The normalized spacial score (nSPS) is 18.4. The Morgan fingerprint density at radius 1 is 1.31 bits per heavy atom. The van der Waals surface area contributed by atoms with Crippen molar-refractivity contribution in [3.63, 3.8) is 0 Å². The molecule has 0 radical (unpaired) electrons. The maximum absolute atomic E-state index is 13.1. The Hall–Kier alpha value is -3.29. The number of nitrogens with zero attached hydrogens (tertiary/aromatic N) is 4. The number of ether oxygens (including phenoxy) is 1. The molecule has 3 heterocycles. The lowest BCUT2D eigenvalue weighted by Crippen LogP contribution is -2.27. The largest absolute Gasteiger partial charge is 0.481 e. The van der Waals surface area contributed by atoms with E-state index in [-0.39, 0.29) is 5.69 Å². The first-order valence-electron chi connectivity index (χ1n) is 8.12. The monoisotopic (exact) mass is 353 g/mol. The third-order valence-corrected chi connectivity index (χ3v) is 4.07. The summed E-state index contributed by atoms with van der Waals surface area (Å²) in [5.74, 6) is 0.0635. The molecule has 0 unspecified atom stereocenters. The van der Waals surface area contributed by atoms with Gasteiger partial charge in [0.15, 0.2) is 5.69 Å². The zero-order valence-corrected chi connectivity index (χ0v) is 14.0. The molecule has 0 aromatic carbocycles. The molecule has 3 aromatic rings. The van der Waals surface area contributed by atoms with Crippen molar-refractivity contribution in [1.29, 1.82) is 0 Å². The fraction of sp³-hybridized carbons (Fsp3) is 0.222. The third-order valence-electron chi connectivity index (χ3n) is 4.07. The summed E-state index contributed by atoms with van der Waals surface area (Å²) in [6, 6.07) is 10.2. The Bertz CT molecular complexity index is 927. The summed E-state index contributed by atoms with van der Waals surface area (Å²) in [7, 11) is 1.54. The first-order chi connectivity index (χ1) is 12.7. The maximum Gasteiger partial charge on any atom is 0.272 e. The van der Waals surface area contributed by atoms with Crippen LogP contribution in [0, 0.1) is 0 Å². The van der Waals surface area contributed by atoms with Crippen molar-refractivity contribution >= 4 is 5.91 Å². The van der Waals surface area contributed by atoms with E-state index in [0.717, 1.165) is 0 Å². The number of alkyl halides is 1. The molecule has 8 heteroatoms. The number of amides is 1. The van der Waals surface area contributed by atoms with Gasteiger partial charge >= 0.3 is 0 Å². The van der Waals surface area contributed by atoms with Gasteiger partial charge in [-0.3, -0.25) is 9.78 Å². The standard InChI is InChI=1S/C18H16FN5O2/c1-26-17-6-5-11(10-21-17)24-16(13-4-2-3-7-20-13)9-15(23-24)18(25)22-14-8-12(14)19/h2-7,9-10,12,14H,8H2,1H3,(H,22,25)/t12-,14+/m0/s1. The van der Waals surface area contributed by atoms with Crippen molar-refractivity contribution < 1.29 is 13.9 Å². The van der Waals surface area contributed by atoms with Gasteiger partial charge in [-0.15, -0.1) is 0 Å². The summed E-state index contributed by atoms with van der Waals surface area (Å²) in [4.78, 5) is 20.9. The lowest BCUT2D eigenvalue weighted by Gasteiger charge is -2.07. The third kappa shape index (κ3) is 3.13. The molecule has 0 bridgehead atoms. The van der Waals surface area contributed by atoms with Crippen LogP contribution in [-0.4, -0.2) is 45.0 Å². The van der Waals surface area contributed by atoms with Gasteiger partial charge in [0, 0.05) is 18.7 Å². The van der Waals surface area contributed by atoms with Gasteiger partial charge in [0.25, 0.3) is 5.91 Å². The smallest absolute Gasteiger partial charge is 0.272 e. The van der Waals surface area contributed by atoms with Crippen LogP contribution in [0.25, 0.3) is 17.1 Å². The Labute approximate surface area is 148 Å². The number of halogens is 1. The molecule has 2 atom stereocenters. The van der Waals surface area contributed by atoms with E-state index in [2.05, 4.69) is 20.4 Å². The number of methoxy groups -OCH3 is 1. The van der Waals surface area contributed by atoms with Gasteiger partial charge in [-0.1, -0.05) is 6.07 Å². The molecule has 1 aliphatic rings. The number of nitrogens with one attached hydrogen (secondary N) is 1. The molecular formula is C18H16FN5O2. The molecule has 1 N–H and O–H groups in total. The van der Waals surface area contributed by atoms with Crippen LogP contribution in [0.15, 0.2) is 48.8 Å². The van der Waals surface area contributed by atoms with Gasteiger partial charge in [-0.05, 0) is 24.3 Å². The summed E-state index contributed by atoms with van der Waals surface area (Å²) in [6.45, 7) is 0. The van der Waals surface area contributed by atoms with E-state index in [9.17, 15) is 9.18 Å². The Balaban J connectivity index is 1.73. The first kappa shape index (κ1) is 16.2. The van der Waals surface area contributed by atoms with Crippen LogP contribution >= 0.6 is 0 Å². The van der Waals surface area contributed by atoms with E-state index in [0.29, 0.717) is 29.4 Å². The molecule has 0 aliphatic heterocycles. The molecule has 26 heavy (non-hydrogen) atoms. The molecule has 1 fully saturated rings. The maximum atomic E-state index is 13.1. The highest BCUT2D eigenvalue weighted by atomic mass is 19.1. The van der Waals surface area contributed by atoms with Crippen LogP contribution in [0.5, 0.6) is 5.88 Å². The van der Waals surface area contributed by atoms with Crippen molar-refractivity contribution in [3.8, 4) is 23.0 Å². The topological polar surface area (TPSA) is 81.9 Å². The fourth-order valence-electron chi connectivity index (χ4n) is 2.56.